The van der Waals surface area contributed by atoms with Gasteiger partial charge in [-0.15, -0.1) is 24.0 Å². The van der Waals surface area contributed by atoms with Crippen LogP contribution in [0.25, 0.3) is 0 Å². The zero-order chi connectivity index (χ0) is 16.9. The lowest BCUT2D eigenvalue weighted by Gasteiger charge is -2.21. The van der Waals surface area contributed by atoms with Gasteiger partial charge < -0.3 is 20.1 Å². The molecular weight excluding hydrogens is 499 g/mol. The van der Waals surface area contributed by atoms with Crippen LogP contribution in [-0.4, -0.2) is 42.3 Å². The summed E-state index contributed by atoms with van der Waals surface area (Å²) in [5, 5.41) is 10.5. The maximum absolute atomic E-state index is 4.97. The van der Waals surface area contributed by atoms with Crippen molar-refractivity contribution in [2.75, 3.05) is 25.0 Å². The Bertz CT molecular complexity index is 722. The van der Waals surface area contributed by atoms with Gasteiger partial charge in [0.1, 0.15) is 0 Å². The van der Waals surface area contributed by atoms with E-state index in [4.69, 9.17) is 4.52 Å². The molecule has 1 atom stereocenters. The Hall–Kier alpha value is -1.36. The van der Waals surface area contributed by atoms with Crippen LogP contribution in [0.5, 0.6) is 0 Å². The van der Waals surface area contributed by atoms with Crippen molar-refractivity contribution in [3.05, 3.63) is 40.5 Å². The standard InChI is InChI=1S/C16H21BrN6O.HI/c1-11-20-15(22-24-11)9-19-16(18-2)21-12-7-8-23(10-12)14-6-4-3-5-13(14)17;/h3-6,12H,7-10H2,1-2H3,(H2,18,19,21);1H. The van der Waals surface area contributed by atoms with E-state index in [9.17, 15) is 0 Å². The van der Waals surface area contributed by atoms with Crippen molar-refractivity contribution in [1.29, 1.82) is 0 Å². The first-order valence-corrected chi connectivity index (χ1v) is 8.71. The van der Waals surface area contributed by atoms with Gasteiger partial charge in [-0.25, -0.2) is 0 Å². The Morgan fingerprint density at radius 3 is 2.92 bits per heavy atom. The highest BCUT2D eigenvalue weighted by atomic mass is 127. The summed E-state index contributed by atoms with van der Waals surface area (Å²) >= 11 is 3.62. The molecule has 0 bridgehead atoms. The third-order valence-corrected chi connectivity index (χ3v) is 4.60. The first-order valence-electron chi connectivity index (χ1n) is 7.91. The first-order chi connectivity index (χ1) is 11.7. The minimum atomic E-state index is 0. The van der Waals surface area contributed by atoms with Gasteiger partial charge in [-0.2, -0.15) is 4.98 Å². The fraction of sp³-hybridized carbons (Fsp3) is 0.438. The van der Waals surface area contributed by atoms with Crippen LogP contribution in [-0.2, 0) is 6.54 Å². The number of nitrogens with one attached hydrogen (secondary N) is 2. The summed E-state index contributed by atoms with van der Waals surface area (Å²) < 4.78 is 6.09. The molecular formula is C16H22BrIN6O. The molecule has 3 rings (SSSR count). The van der Waals surface area contributed by atoms with Gasteiger partial charge in [0.2, 0.25) is 5.89 Å². The van der Waals surface area contributed by atoms with Gasteiger partial charge in [0.25, 0.3) is 0 Å². The highest BCUT2D eigenvalue weighted by molar-refractivity contribution is 14.0. The lowest BCUT2D eigenvalue weighted by molar-refractivity contribution is 0.386. The molecule has 0 spiro atoms. The van der Waals surface area contributed by atoms with Crippen molar-refractivity contribution in [2.45, 2.75) is 25.9 Å². The fourth-order valence-corrected chi connectivity index (χ4v) is 3.30. The summed E-state index contributed by atoms with van der Waals surface area (Å²) in [5.41, 5.74) is 1.23. The summed E-state index contributed by atoms with van der Waals surface area (Å²) in [7, 11) is 1.76. The second kappa shape index (κ2) is 9.37. The molecule has 1 aliphatic heterocycles. The zero-order valence-corrected chi connectivity index (χ0v) is 18.1. The predicted molar refractivity (Wildman–Crippen MR) is 113 cm³/mol. The monoisotopic (exact) mass is 520 g/mol. The molecule has 0 amide bonds. The van der Waals surface area contributed by atoms with Crippen LogP contribution >= 0.6 is 39.9 Å². The van der Waals surface area contributed by atoms with E-state index in [1.807, 2.05) is 6.07 Å². The smallest absolute Gasteiger partial charge is 0.223 e. The van der Waals surface area contributed by atoms with Crippen molar-refractivity contribution in [2.24, 2.45) is 4.99 Å². The average Bonchev–Trinajstić information content (AvgIpc) is 3.21. The number of halogens is 2. The molecule has 9 heteroatoms. The van der Waals surface area contributed by atoms with Crippen LogP contribution in [0.2, 0.25) is 0 Å². The highest BCUT2D eigenvalue weighted by Crippen LogP contribution is 2.28. The normalized spacial score (nSPS) is 17.3. The van der Waals surface area contributed by atoms with Crippen LogP contribution in [0.3, 0.4) is 0 Å². The Morgan fingerprint density at radius 1 is 1.44 bits per heavy atom. The molecule has 136 valence electrons. The third kappa shape index (κ3) is 5.30. The van der Waals surface area contributed by atoms with Gasteiger partial charge in [-0.1, -0.05) is 17.3 Å². The number of aryl methyl sites for hydroxylation is 1. The summed E-state index contributed by atoms with van der Waals surface area (Å²) in [6.45, 7) is 4.21. The maximum Gasteiger partial charge on any atom is 0.223 e. The molecule has 7 nitrogen and oxygen atoms in total. The van der Waals surface area contributed by atoms with Gasteiger partial charge in [0.05, 0.1) is 12.2 Å². The van der Waals surface area contributed by atoms with E-state index in [0.29, 0.717) is 24.3 Å². The summed E-state index contributed by atoms with van der Waals surface area (Å²) in [4.78, 5) is 10.8. The molecule has 1 fully saturated rings. The number of aromatic nitrogens is 2. The second-order valence-electron chi connectivity index (χ2n) is 5.68. The van der Waals surface area contributed by atoms with Gasteiger partial charge in [-0.05, 0) is 34.5 Å². The Morgan fingerprint density at radius 2 is 2.24 bits per heavy atom. The molecule has 2 N–H and O–H groups in total. The Labute approximate surface area is 172 Å². The summed E-state index contributed by atoms with van der Waals surface area (Å²) in [6.07, 6.45) is 1.06. The lowest BCUT2D eigenvalue weighted by Crippen LogP contribution is -2.44. The van der Waals surface area contributed by atoms with Crippen molar-refractivity contribution in [3.63, 3.8) is 0 Å². The topological polar surface area (TPSA) is 78.6 Å². The molecule has 25 heavy (non-hydrogen) atoms. The number of rotatable bonds is 4. The average molecular weight is 521 g/mol. The van der Waals surface area contributed by atoms with Gasteiger partial charge in [-0.3, -0.25) is 4.99 Å². The number of nitrogens with zero attached hydrogens (tertiary/aromatic N) is 4. The van der Waals surface area contributed by atoms with Crippen LogP contribution in [0.15, 0.2) is 38.3 Å². The lowest BCUT2D eigenvalue weighted by atomic mass is 10.3. The van der Waals surface area contributed by atoms with E-state index in [1.165, 1.54) is 5.69 Å². The molecule has 0 saturated carbocycles. The minimum absolute atomic E-state index is 0. The third-order valence-electron chi connectivity index (χ3n) is 3.93. The molecule has 1 aromatic heterocycles. The highest BCUT2D eigenvalue weighted by Gasteiger charge is 2.24. The number of anilines is 1. The molecule has 1 saturated heterocycles. The van der Waals surface area contributed by atoms with Crippen molar-refractivity contribution >= 4 is 51.6 Å². The molecule has 2 aromatic rings. The largest absolute Gasteiger partial charge is 0.368 e. The SMILES string of the molecule is CN=C(NCc1noc(C)n1)NC1CCN(c2ccccc2Br)C1.I. The van der Waals surface area contributed by atoms with Gasteiger partial charge in [0, 0.05) is 37.6 Å². The fourth-order valence-electron chi connectivity index (χ4n) is 2.77. The number of hydrogen-bond acceptors (Lipinski definition) is 5. The van der Waals surface area contributed by atoms with Crippen molar-refractivity contribution < 1.29 is 4.52 Å². The predicted octanol–water partition coefficient (Wildman–Crippen LogP) is 2.70. The molecule has 2 heterocycles. The first kappa shape index (κ1) is 20.0. The number of aliphatic imine (C=N–C) groups is 1. The Balaban J connectivity index is 0.00000225. The van der Waals surface area contributed by atoms with E-state index in [1.54, 1.807) is 14.0 Å². The number of guanidine groups is 1. The molecule has 0 radical (unpaired) electrons. The van der Waals surface area contributed by atoms with E-state index in [0.717, 1.165) is 29.9 Å². The molecule has 1 unspecified atom stereocenters. The zero-order valence-electron chi connectivity index (χ0n) is 14.2. The Kier molecular flexibility index (Phi) is 7.48. The van der Waals surface area contributed by atoms with Crippen molar-refractivity contribution in [1.82, 2.24) is 20.8 Å². The van der Waals surface area contributed by atoms with E-state index in [-0.39, 0.29) is 24.0 Å². The van der Waals surface area contributed by atoms with Crippen LogP contribution in [0.4, 0.5) is 5.69 Å². The molecule has 0 aliphatic carbocycles. The van der Waals surface area contributed by atoms with E-state index >= 15 is 0 Å². The maximum atomic E-state index is 4.97. The van der Waals surface area contributed by atoms with Crippen molar-refractivity contribution in [3.8, 4) is 0 Å². The van der Waals surface area contributed by atoms with E-state index < -0.39 is 0 Å². The minimum Gasteiger partial charge on any atom is -0.368 e. The number of benzene rings is 1. The quantitative estimate of drug-likeness (QED) is 0.366. The summed E-state index contributed by atoms with van der Waals surface area (Å²) in [5.74, 6) is 1.93. The van der Waals surface area contributed by atoms with Crippen LogP contribution < -0.4 is 15.5 Å². The summed E-state index contributed by atoms with van der Waals surface area (Å²) in [6, 6.07) is 8.65. The second-order valence-corrected chi connectivity index (χ2v) is 6.54. The van der Waals surface area contributed by atoms with Crippen LogP contribution in [0, 0.1) is 6.92 Å². The van der Waals surface area contributed by atoms with E-state index in [2.05, 4.69) is 64.8 Å². The number of hydrogen-bond donors (Lipinski definition) is 2. The van der Waals surface area contributed by atoms with Gasteiger partial charge >= 0.3 is 0 Å². The van der Waals surface area contributed by atoms with Crippen LogP contribution in [0.1, 0.15) is 18.1 Å². The molecule has 1 aromatic carbocycles. The van der Waals surface area contributed by atoms with Gasteiger partial charge in [0.15, 0.2) is 11.8 Å². The molecule has 1 aliphatic rings. The number of para-hydroxylation sites is 1.